The molecule has 5 nitrogen and oxygen atoms in total. The van der Waals surface area contributed by atoms with E-state index in [1.807, 2.05) is 0 Å². The monoisotopic (exact) mass is 181 g/mol. The zero-order valence-electron chi connectivity index (χ0n) is 7.04. The molecule has 0 saturated heterocycles. The number of carbonyl (C=O) groups excluding carboxylic acids is 1. The number of carbonyl (C=O) groups is 1. The Balaban J connectivity index is 2.17. The number of nitrogens with two attached hydrogens (primary N) is 1. The Hall–Kier alpha value is -1.49. The summed E-state index contributed by atoms with van der Waals surface area (Å²) in [5, 5.41) is 2.72. The number of hydrogen-bond acceptors (Lipinski definition) is 3. The molecule has 2 heterocycles. The van der Waals surface area contributed by atoms with Crippen LogP contribution >= 0.6 is 0 Å². The Kier molecular flexibility index (Phi) is 1.94. The molecule has 1 atom stereocenters. The van der Waals surface area contributed by atoms with E-state index in [0.717, 1.165) is 0 Å². The molecular weight excluding hydrogens is 170 g/mol. The first-order chi connectivity index (χ1) is 6.31. The molecule has 0 bridgehead atoms. The summed E-state index contributed by atoms with van der Waals surface area (Å²) in [6, 6.07) is 1.76. The van der Waals surface area contributed by atoms with Crippen molar-refractivity contribution in [3.05, 3.63) is 12.3 Å². The van der Waals surface area contributed by atoms with Crippen LogP contribution in [0.3, 0.4) is 0 Å². The van der Waals surface area contributed by atoms with E-state index >= 15 is 0 Å². The van der Waals surface area contributed by atoms with Crippen molar-refractivity contribution in [2.45, 2.75) is 12.5 Å². The van der Waals surface area contributed by atoms with Gasteiger partial charge in [-0.3, -0.25) is 4.79 Å². The maximum atomic E-state index is 11.3. The molecule has 13 heavy (non-hydrogen) atoms. The molecule has 1 aromatic heterocycles. The van der Waals surface area contributed by atoms with Gasteiger partial charge in [0.25, 0.3) is 5.91 Å². The lowest BCUT2D eigenvalue weighted by molar-refractivity contribution is -0.123. The highest BCUT2D eigenvalue weighted by atomic mass is 16.5. The maximum Gasteiger partial charge on any atom is 0.265 e. The molecular formula is C8H11N3O2. The van der Waals surface area contributed by atoms with Crippen LogP contribution in [0.4, 0.5) is 5.69 Å². The number of anilines is 1. The molecule has 0 spiro atoms. The number of aromatic nitrogens is 1. The third-order valence-electron chi connectivity index (χ3n) is 1.95. The van der Waals surface area contributed by atoms with Crippen molar-refractivity contribution in [2.24, 2.45) is 5.73 Å². The number of hydrogen-bond donors (Lipinski definition) is 3. The molecule has 4 N–H and O–H groups in total. The molecule has 0 fully saturated rings. The van der Waals surface area contributed by atoms with Crippen LogP contribution in [0.25, 0.3) is 0 Å². The topological polar surface area (TPSA) is 80.1 Å². The smallest absolute Gasteiger partial charge is 0.265 e. The summed E-state index contributed by atoms with van der Waals surface area (Å²) in [5.41, 5.74) is 6.04. The second kappa shape index (κ2) is 3.10. The van der Waals surface area contributed by atoms with Crippen molar-refractivity contribution < 1.29 is 9.53 Å². The van der Waals surface area contributed by atoms with Crippen LogP contribution in [0, 0.1) is 0 Å². The zero-order chi connectivity index (χ0) is 9.26. The average molecular weight is 181 g/mol. The van der Waals surface area contributed by atoms with E-state index in [4.69, 9.17) is 10.5 Å². The zero-order valence-corrected chi connectivity index (χ0v) is 7.04. The number of aromatic amines is 1. The van der Waals surface area contributed by atoms with E-state index in [9.17, 15) is 4.79 Å². The second-order valence-electron chi connectivity index (χ2n) is 2.89. The summed E-state index contributed by atoms with van der Waals surface area (Å²) in [4.78, 5) is 14.2. The number of nitrogens with one attached hydrogen (secondary N) is 2. The summed E-state index contributed by atoms with van der Waals surface area (Å²) in [7, 11) is 0. The van der Waals surface area contributed by atoms with Gasteiger partial charge in [0.2, 0.25) is 5.88 Å². The van der Waals surface area contributed by atoms with E-state index in [-0.39, 0.29) is 5.91 Å². The van der Waals surface area contributed by atoms with Crippen LogP contribution in [0.15, 0.2) is 12.3 Å². The fraction of sp³-hybridized carbons (Fsp3) is 0.375. The summed E-state index contributed by atoms with van der Waals surface area (Å²) >= 11 is 0. The lowest BCUT2D eigenvalue weighted by Gasteiger charge is -2.22. The fourth-order valence-electron chi connectivity index (χ4n) is 1.30. The number of fused-ring (bicyclic) bond motifs is 1. The van der Waals surface area contributed by atoms with Gasteiger partial charge in [-0.15, -0.1) is 0 Å². The molecule has 0 saturated carbocycles. The second-order valence-corrected chi connectivity index (χ2v) is 2.89. The minimum absolute atomic E-state index is 0.127. The Morgan fingerprint density at radius 2 is 2.46 bits per heavy atom. The summed E-state index contributed by atoms with van der Waals surface area (Å²) in [6.45, 7) is 0.439. The molecule has 0 aromatic carbocycles. The lowest BCUT2D eigenvalue weighted by atomic mass is 10.2. The predicted octanol–water partition coefficient (Wildman–Crippen LogP) is 0.0630. The van der Waals surface area contributed by atoms with Crippen LogP contribution in [-0.2, 0) is 4.79 Å². The van der Waals surface area contributed by atoms with Crippen LogP contribution < -0.4 is 15.8 Å². The first-order valence-corrected chi connectivity index (χ1v) is 4.16. The van der Waals surface area contributed by atoms with Gasteiger partial charge in [0.15, 0.2) is 6.10 Å². The van der Waals surface area contributed by atoms with Gasteiger partial charge in [0, 0.05) is 12.6 Å². The van der Waals surface area contributed by atoms with Crippen molar-refractivity contribution in [1.82, 2.24) is 4.98 Å². The van der Waals surface area contributed by atoms with Gasteiger partial charge in [-0.1, -0.05) is 0 Å². The van der Waals surface area contributed by atoms with Crippen LogP contribution in [0.1, 0.15) is 6.42 Å². The van der Waals surface area contributed by atoms with Crippen molar-refractivity contribution in [3.8, 4) is 5.88 Å². The number of amides is 1. The standard InChI is InChI=1S/C8H11N3O2/c9-3-1-6-7(12)11-5-2-4-10-8(5)13-6/h2,4,6,10H,1,3,9H2,(H,11,12). The highest BCUT2D eigenvalue weighted by molar-refractivity contribution is 5.97. The SMILES string of the molecule is NCCC1Oc2[nH]ccc2NC1=O. The first kappa shape index (κ1) is 8.12. The van der Waals surface area contributed by atoms with Crippen LogP contribution in [0.2, 0.25) is 0 Å². The van der Waals surface area contributed by atoms with Crippen molar-refractivity contribution in [1.29, 1.82) is 0 Å². The number of ether oxygens (including phenoxy) is 1. The quantitative estimate of drug-likeness (QED) is 0.603. The van der Waals surface area contributed by atoms with Crippen LogP contribution in [0.5, 0.6) is 5.88 Å². The van der Waals surface area contributed by atoms with E-state index in [0.29, 0.717) is 24.5 Å². The first-order valence-electron chi connectivity index (χ1n) is 4.16. The van der Waals surface area contributed by atoms with E-state index in [1.54, 1.807) is 12.3 Å². The van der Waals surface area contributed by atoms with Gasteiger partial charge in [0.1, 0.15) is 5.69 Å². The van der Waals surface area contributed by atoms with E-state index in [1.165, 1.54) is 0 Å². The van der Waals surface area contributed by atoms with Gasteiger partial charge in [-0.2, -0.15) is 0 Å². The van der Waals surface area contributed by atoms with Crippen molar-refractivity contribution >= 4 is 11.6 Å². The molecule has 70 valence electrons. The molecule has 1 aliphatic rings. The predicted molar refractivity (Wildman–Crippen MR) is 47.5 cm³/mol. The molecule has 5 heteroatoms. The Morgan fingerprint density at radius 3 is 3.23 bits per heavy atom. The minimum Gasteiger partial charge on any atom is -0.464 e. The van der Waals surface area contributed by atoms with Gasteiger partial charge in [-0.25, -0.2) is 0 Å². The van der Waals surface area contributed by atoms with Crippen LogP contribution in [-0.4, -0.2) is 23.5 Å². The normalized spacial score (nSPS) is 20.4. The molecule has 1 amide bonds. The molecule has 1 aromatic rings. The molecule has 0 aliphatic carbocycles. The van der Waals surface area contributed by atoms with Gasteiger partial charge in [0.05, 0.1) is 0 Å². The maximum absolute atomic E-state index is 11.3. The summed E-state index contributed by atoms with van der Waals surface area (Å²) < 4.78 is 5.38. The average Bonchev–Trinajstić information content (AvgIpc) is 2.52. The van der Waals surface area contributed by atoms with Gasteiger partial charge >= 0.3 is 0 Å². The third-order valence-corrected chi connectivity index (χ3v) is 1.95. The Labute approximate surface area is 75.3 Å². The van der Waals surface area contributed by atoms with Gasteiger partial charge < -0.3 is 20.8 Å². The molecule has 0 radical (unpaired) electrons. The highest BCUT2D eigenvalue weighted by Crippen LogP contribution is 2.27. The van der Waals surface area contributed by atoms with Gasteiger partial charge in [-0.05, 0) is 12.6 Å². The molecule has 1 aliphatic heterocycles. The van der Waals surface area contributed by atoms with Crippen molar-refractivity contribution in [2.75, 3.05) is 11.9 Å². The minimum atomic E-state index is -0.462. The summed E-state index contributed by atoms with van der Waals surface area (Å²) in [6.07, 6.45) is 1.79. The van der Waals surface area contributed by atoms with Crippen molar-refractivity contribution in [3.63, 3.8) is 0 Å². The third kappa shape index (κ3) is 1.38. The highest BCUT2D eigenvalue weighted by Gasteiger charge is 2.27. The van der Waals surface area contributed by atoms with E-state index < -0.39 is 6.10 Å². The Bertz CT molecular complexity index is 321. The fourth-order valence-corrected chi connectivity index (χ4v) is 1.30. The molecule has 1 unspecified atom stereocenters. The largest absolute Gasteiger partial charge is 0.464 e. The number of rotatable bonds is 2. The summed E-state index contributed by atoms with van der Waals surface area (Å²) in [5.74, 6) is 0.482. The Morgan fingerprint density at radius 1 is 1.62 bits per heavy atom. The number of H-pyrrole nitrogens is 1. The lowest BCUT2D eigenvalue weighted by Crippen LogP contribution is -2.38. The van der Waals surface area contributed by atoms with E-state index in [2.05, 4.69) is 10.3 Å². The molecule has 2 rings (SSSR count).